The van der Waals surface area contributed by atoms with Gasteiger partial charge in [-0.05, 0) is 37.8 Å². The number of β-amino-alcohol motifs (C(OH)–C–C–N with tert-alkyl or cyclic N) is 1. The molecule has 1 saturated carbocycles. The lowest BCUT2D eigenvalue weighted by Crippen LogP contribution is -2.49. The second-order valence-corrected chi connectivity index (χ2v) is 6.83. The Kier molecular flexibility index (Phi) is 6.10. The maximum atomic E-state index is 12.6. The van der Waals surface area contributed by atoms with E-state index in [-0.39, 0.29) is 12.7 Å². The molecule has 1 amide bonds. The summed E-state index contributed by atoms with van der Waals surface area (Å²) in [5.74, 6) is 0. The molecule has 1 aliphatic carbocycles. The predicted octanol–water partition coefficient (Wildman–Crippen LogP) is 2.63. The highest BCUT2D eigenvalue weighted by atomic mass is 16.6. The predicted molar refractivity (Wildman–Crippen MR) is 92.7 cm³/mol. The summed E-state index contributed by atoms with van der Waals surface area (Å²) in [6.07, 6.45) is 5.42. The van der Waals surface area contributed by atoms with E-state index in [2.05, 4.69) is 4.90 Å². The van der Waals surface area contributed by atoms with E-state index in [1.165, 1.54) is 12.8 Å². The smallest absolute Gasteiger partial charge is 0.410 e. The second-order valence-electron chi connectivity index (χ2n) is 6.83. The summed E-state index contributed by atoms with van der Waals surface area (Å²) in [5, 5.41) is 9.26. The van der Waals surface area contributed by atoms with Crippen LogP contribution in [0.1, 0.15) is 37.7 Å². The van der Waals surface area contributed by atoms with Crippen molar-refractivity contribution >= 4 is 6.09 Å². The average Bonchev–Trinajstić information content (AvgIpc) is 3.45. The zero-order valence-electron chi connectivity index (χ0n) is 14.3. The fourth-order valence-electron chi connectivity index (χ4n) is 3.48. The molecular formula is C19H28N2O3. The van der Waals surface area contributed by atoms with Gasteiger partial charge in [0.15, 0.2) is 0 Å². The molecule has 1 N–H and O–H groups in total. The van der Waals surface area contributed by atoms with Crippen molar-refractivity contribution in [3.05, 3.63) is 35.9 Å². The maximum Gasteiger partial charge on any atom is 0.410 e. The highest BCUT2D eigenvalue weighted by molar-refractivity contribution is 5.68. The maximum absolute atomic E-state index is 12.6. The Hall–Kier alpha value is -1.59. The average molecular weight is 332 g/mol. The third-order valence-corrected chi connectivity index (χ3v) is 4.97. The molecule has 0 spiro atoms. The number of benzene rings is 1. The minimum atomic E-state index is -0.198. The Morgan fingerprint density at radius 2 is 2.00 bits per heavy atom. The molecule has 132 valence electrons. The fourth-order valence-corrected chi connectivity index (χ4v) is 3.48. The molecule has 0 radical (unpaired) electrons. The second kappa shape index (κ2) is 8.49. The van der Waals surface area contributed by atoms with Gasteiger partial charge >= 0.3 is 6.09 Å². The van der Waals surface area contributed by atoms with Crippen molar-refractivity contribution < 1.29 is 14.6 Å². The molecular weight excluding hydrogens is 304 g/mol. The number of hydrogen-bond acceptors (Lipinski definition) is 4. The summed E-state index contributed by atoms with van der Waals surface area (Å²) < 4.78 is 5.55. The van der Waals surface area contributed by atoms with Crippen LogP contribution in [0.3, 0.4) is 0 Å². The highest BCUT2D eigenvalue weighted by Gasteiger charge is 2.36. The van der Waals surface area contributed by atoms with Gasteiger partial charge in [0, 0.05) is 25.2 Å². The quantitative estimate of drug-likeness (QED) is 0.834. The first-order chi connectivity index (χ1) is 11.8. The van der Waals surface area contributed by atoms with E-state index >= 15 is 0 Å². The number of likely N-dealkylation sites (tertiary alicyclic amines) is 1. The third-order valence-electron chi connectivity index (χ3n) is 4.97. The minimum absolute atomic E-state index is 0.179. The lowest BCUT2D eigenvalue weighted by molar-refractivity contribution is 0.0598. The van der Waals surface area contributed by atoms with E-state index in [1.807, 2.05) is 35.2 Å². The van der Waals surface area contributed by atoms with E-state index in [9.17, 15) is 9.90 Å². The monoisotopic (exact) mass is 332 g/mol. The van der Waals surface area contributed by atoms with Gasteiger partial charge in [0.25, 0.3) is 0 Å². The van der Waals surface area contributed by atoms with Crippen molar-refractivity contribution in [2.24, 2.45) is 0 Å². The molecule has 5 nitrogen and oxygen atoms in total. The summed E-state index contributed by atoms with van der Waals surface area (Å²) in [6, 6.07) is 10.5. The first kappa shape index (κ1) is 17.2. The number of aliphatic hydroxyl groups is 1. The van der Waals surface area contributed by atoms with Crippen LogP contribution in [0.5, 0.6) is 0 Å². The van der Waals surface area contributed by atoms with Crippen LogP contribution in [0.15, 0.2) is 30.3 Å². The summed E-state index contributed by atoms with van der Waals surface area (Å²) in [4.78, 5) is 16.8. The number of nitrogens with zero attached hydrogens (tertiary/aromatic N) is 2. The number of piperidine rings is 1. The number of hydrogen-bond donors (Lipinski definition) is 1. The summed E-state index contributed by atoms with van der Waals surface area (Å²) in [5.41, 5.74) is 1.01. The number of aliphatic hydroxyl groups excluding tert-OH is 1. The molecule has 0 aromatic heterocycles. The molecule has 1 saturated heterocycles. The standard InChI is InChI=1S/C19H28N2O3/c22-13-12-20-11-5-4-8-18(20)14-21(17-9-10-17)19(23)24-15-16-6-2-1-3-7-16/h1-3,6-7,17-18,22H,4-5,8-15H2. The Labute approximate surface area is 144 Å². The van der Waals surface area contributed by atoms with Crippen molar-refractivity contribution in [3.63, 3.8) is 0 Å². The van der Waals surface area contributed by atoms with Crippen molar-refractivity contribution in [2.45, 2.75) is 50.8 Å². The lowest BCUT2D eigenvalue weighted by atomic mass is 10.0. The molecule has 2 fully saturated rings. The van der Waals surface area contributed by atoms with Gasteiger partial charge in [-0.25, -0.2) is 4.79 Å². The Balaban J connectivity index is 1.56. The molecule has 1 heterocycles. The summed E-state index contributed by atoms with van der Waals surface area (Å²) >= 11 is 0. The first-order valence-electron chi connectivity index (χ1n) is 9.10. The van der Waals surface area contributed by atoms with Crippen LogP contribution < -0.4 is 0 Å². The van der Waals surface area contributed by atoms with Crippen molar-refractivity contribution in [2.75, 3.05) is 26.2 Å². The lowest BCUT2D eigenvalue weighted by Gasteiger charge is -2.38. The molecule has 24 heavy (non-hydrogen) atoms. The van der Waals surface area contributed by atoms with Crippen LogP contribution in [-0.2, 0) is 11.3 Å². The summed E-state index contributed by atoms with van der Waals surface area (Å²) in [7, 11) is 0. The molecule has 2 aliphatic rings. The van der Waals surface area contributed by atoms with Gasteiger partial charge in [-0.1, -0.05) is 36.8 Å². The molecule has 0 bridgehead atoms. The van der Waals surface area contributed by atoms with Gasteiger partial charge in [0.1, 0.15) is 6.61 Å². The minimum Gasteiger partial charge on any atom is -0.445 e. The normalized spacial score (nSPS) is 21.5. The van der Waals surface area contributed by atoms with Gasteiger partial charge in [0.2, 0.25) is 0 Å². The van der Waals surface area contributed by atoms with E-state index < -0.39 is 0 Å². The molecule has 5 heteroatoms. The van der Waals surface area contributed by atoms with Gasteiger partial charge < -0.3 is 14.7 Å². The van der Waals surface area contributed by atoms with Gasteiger partial charge in [-0.2, -0.15) is 0 Å². The number of carbonyl (C=O) groups is 1. The zero-order chi connectivity index (χ0) is 16.8. The van der Waals surface area contributed by atoms with Crippen LogP contribution in [0.4, 0.5) is 4.79 Å². The van der Waals surface area contributed by atoms with Crippen molar-refractivity contribution in [1.29, 1.82) is 0 Å². The van der Waals surface area contributed by atoms with Gasteiger partial charge in [-0.3, -0.25) is 4.90 Å². The fraction of sp³-hybridized carbons (Fsp3) is 0.632. The van der Waals surface area contributed by atoms with Crippen LogP contribution in [0.25, 0.3) is 0 Å². The molecule has 1 aromatic carbocycles. The zero-order valence-corrected chi connectivity index (χ0v) is 14.3. The number of ether oxygens (including phenoxy) is 1. The number of rotatable bonds is 7. The van der Waals surface area contributed by atoms with Crippen LogP contribution in [0.2, 0.25) is 0 Å². The number of carbonyl (C=O) groups excluding carboxylic acids is 1. The molecule has 3 rings (SSSR count). The van der Waals surface area contributed by atoms with Gasteiger partial charge in [0.05, 0.1) is 6.61 Å². The topological polar surface area (TPSA) is 53.0 Å². The summed E-state index contributed by atoms with van der Waals surface area (Å²) in [6.45, 7) is 2.94. The molecule has 1 atom stereocenters. The van der Waals surface area contributed by atoms with Crippen LogP contribution in [0, 0.1) is 0 Å². The van der Waals surface area contributed by atoms with Crippen molar-refractivity contribution in [3.8, 4) is 0 Å². The largest absolute Gasteiger partial charge is 0.445 e. The van der Waals surface area contributed by atoms with E-state index in [4.69, 9.17) is 4.74 Å². The van der Waals surface area contributed by atoms with Crippen molar-refractivity contribution in [1.82, 2.24) is 9.80 Å². The van der Waals surface area contributed by atoms with E-state index in [0.29, 0.717) is 25.2 Å². The molecule has 1 aromatic rings. The van der Waals surface area contributed by atoms with Crippen LogP contribution in [-0.4, -0.2) is 59.3 Å². The number of amides is 1. The van der Waals surface area contributed by atoms with E-state index in [1.54, 1.807) is 0 Å². The van der Waals surface area contributed by atoms with E-state index in [0.717, 1.165) is 37.9 Å². The first-order valence-corrected chi connectivity index (χ1v) is 9.10. The SMILES string of the molecule is O=C(OCc1ccccc1)N(CC1CCCCN1CCO)C1CC1. The van der Waals surface area contributed by atoms with Crippen LogP contribution >= 0.6 is 0 Å². The third kappa shape index (κ3) is 4.71. The Morgan fingerprint density at radius 1 is 1.21 bits per heavy atom. The highest BCUT2D eigenvalue weighted by Crippen LogP contribution is 2.29. The Bertz CT molecular complexity index is 517. The Morgan fingerprint density at radius 3 is 2.71 bits per heavy atom. The van der Waals surface area contributed by atoms with Gasteiger partial charge in [-0.15, -0.1) is 0 Å². The molecule has 1 unspecified atom stereocenters. The molecule has 1 aliphatic heterocycles.